The third-order valence-electron chi connectivity index (χ3n) is 7.14. The van der Waals surface area contributed by atoms with E-state index in [4.69, 9.17) is 0 Å². The lowest BCUT2D eigenvalue weighted by molar-refractivity contribution is 0.762. The maximum atomic E-state index is 2.47. The Kier molecular flexibility index (Phi) is 5.15. The van der Waals surface area contributed by atoms with Gasteiger partial charge in [-0.05, 0) is 67.7 Å². The van der Waals surface area contributed by atoms with E-state index in [1.54, 1.807) is 0 Å². The summed E-state index contributed by atoms with van der Waals surface area (Å²) in [5.41, 5.74) is 13.6. The Hall–Kier alpha value is -3.90. The summed E-state index contributed by atoms with van der Waals surface area (Å²) in [4.78, 5) is 0. The minimum Gasteiger partial charge on any atom is -0.0622 e. The molecule has 0 atom stereocenters. The molecule has 2 aliphatic rings. The van der Waals surface area contributed by atoms with Crippen LogP contribution < -0.4 is 0 Å². The van der Waals surface area contributed by atoms with Crippen LogP contribution in [0.25, 0.3) is 16.7 Å². The molecule has 0 fully saturated rings. The highest BCUT2D eigenvalue weighted by atomic mass is 14.4. The molecule has 0 heterocycles. The highest BCUT2D eigenvalue weighted by Crippen LogP contribution is 2.52. The lowest BCUT2D eigenvalue weighted by atomic mass is 9.83. The fraction of sp³-hybridized carbons (Fsp3) is 0.118. The molecule has 0 heteroatoms. The Bertz CT molecular complexity index is 1360. The second-order valence-corrected chi connectivity index (χ2v) is 9.52. The quantitative estimate of drug-likeness (QED) is 0.300. The van der Waals surface area contributed by atoms with Gasteiger partial charge < -0.3 is 0 Å². The van der Waals surface area contributed by atoms with Crippen LogP contribution in [0.1, 0.15) is 42.0 Å². The van der Waals surface area contributed by atoms with Gasteiger partial charge in [0.2, 0.25) is 0 Å². The molecule has 4 aromatic carbocycles. The Morgan fingerprint density at radius 1 is 0.559 bits per heavy atom. The van der Waals surface area contributed by atoms with E-state index >= 15 is 0 Å². The van der Waals surface area contributed by atoms with E-state index in [9.17, 15) is 0 Å². The zero-order valence-corrected chi connectivity index (χ0v) is 19.7. The van der Waals surface area contributed by atoms with Gasteiger partial charge in [0.25, 0.3) is 0 Å². The van der Waals surface area contributed by atoms with Gasteiger partial charge in [0.15, 0.2) is 0 Å². The summed E-state index contributed by atoms with van der Waals surface area (Å²) in [7, 11) is 0. The van der Waals surface area contributed by atoms with Crippen LogP contribution in [-0.4, -0.2) is 0 Å². The molecule has 0 bridgehead atoms. The van der Waals surface area contributed by atoms with Gasteiger partial charge in [-0.1, -0.05) is 129 Å². The smallest absolute Gasteiger partial charge is 0.0355 e. The van der Waals surface area contributed by atoms with Crippen molar-refractivity contribution in [1.82, 2.24) is 0 Å². The molecule has 164 valence electrons. The molecule has 2 aliphatic carbocycles. The summed E-state index contributed by atoms with van der Waals surface area (Å²) >= 11 is 0. The molecule has 0 spiro atoms. The molecule has 0 aliphatic heterocycles. The topological polar surface area (TPSA) is 0 Å². The van der Waals surface area contributed by atoms with Crippen molar-refractivity contribution < 1.29 is 0 Å². The van der Waals surface area contributed by atoms with Crippen molar-refractivity contribution in [2.24, 2.45) is 5.92 Å². The first-order valence-corrected chi connectivity index (χ1v) is 12.2. The van der Waals surface area contributed by atoms with E-state index in [0.29, 0.717) is 5.92 Å². The van der Waals surface area contributed by atoms with Crippen molar-refractivity contribution in [1.29, 1.82) is 0 Å². The van der Waals surface area contributed by atoms with E-state index in [1.165, 1.54) is 55.7 Å². The van der Waals surface area contributed by atoms with Crippen molar-refractivity contribution >= 4 is 5.57 Å². The summed E-state index contributed by atoms with van der Waals surface area (Å²) in [5, 5.41) is 0. The first-order valence-electron chi connectivity index (χ1n) is 12.2. The third kappa shape index (κ3) is 3.38. The van der Waals surface area contributed by atoms with Crippen LogP contribution in [0.15, 0.2) is 138 Å². The number of allylic oxidation sites excluding steroid dienone is 5. The van der Waals surface area contributed by atoms with E-state index in [2.05, 4.69) is 135 Å². The predicted octanol–water partition coefficient (Wildman–Crippen LogP) is 8.82. The lowest BCUT2D eigenvalue weighted by Crippen LogP contribution is -2.05. The number of benzene rings is 4. The van der Waals surface area contributed by atoms with Crippen LogP contribution in [0.2, 0.25) is 0 Å². The van der Waals surface area contributed by atoms with E-state index in [-0.39, 0.29) is 5.92 Å². The zero-order valence-electron chi connectivity index (χ0n) is 19.7. The lowest BCUT2D eigenvalue weighted by Gasteiger charge is -2.20. The first-order chi connectivity index (χ1) is 16.7. The van der Waals surface area contributed by atoms with Gasteiger partial charge in [0.05, 0.1) is 0 Å². The van der Waals surface area contributed by atoms with Crippen LogP contribution in [0.5, 0.6) is 0 Å². The largest absolute Gasteiger partial charge is 0.0622 e. The van der Waals surface area contributed by atoms with Crippen LogP contribution in [0.4, 0.5) is 0 Å². The van der Waals surface area contributed by atoms with Crippen molar-refractivity contribution in [2.75, 3.05) is 0 Å². The molecule has 0 N–H and O–H groups in total. The number of fused-ring (bicyclic) bond motifs is 3. The molecule has 6 rings (SSSR count). The van der Waals surface area contributed by atoms with Gasteiger partial charge >= 0.3 is 0 Å². The minimum atomic E-state index is 0.270. The minimum absolute atomic E-state index is 0.270. The Morgan fingerprint density at radius 2 is 1.03 bits per heavy atom. The van der Waals surface area contributed by atoms with Crippen LogP contribution >= 0.6 is 0 Å². The van der Waals surface area contributed by atoms with Crippen molar-refractivity contribution in [3.63, 3.8) is 0 Å². The van der Waals surface area contributed by atoms with Gasteiger partial charge in [-0.15, -0.1) is 0 Å². The van der Waals surface area contributed by atoms with E-state index in [1.807, 2.05) is 0 Å². The highest BCUT2D eigenvalue weighted by molar-refractivity contribution is 5.88. The summed E-state index contributed by atoms with van der Waals surface area (Å²) in [6, 6.07) is 39.5. The Balaban J connectivity index is 1.61. The van der Waals surface area contributed by atoms with Crippen molar-refractivity contribution in [3.8, 4) is 11.1 Å². The van der Waals surface area contributed by atoms with Crippen LogP contribution in [0.3, 0.4) is 0 Å². The summed E-state index contributed by atoms with van der Waals surface area (Å²) in [5.74, 6) is 0.711. The second-order valence-electron chi connectivity index (χ2n) is 9.52. The molecule has 0 amide bonds. The third-order valence-corrected chi connectivity index (χ3v) is 7.14. The van der Waals surface area contributed by atoms with Gasteiger partial charge in [-0.3, -0.25) is 0 Å². The number of hydrogen-bond acceptors (Lipinski definition) is 0. The van der Waals surface area contributed by atoms with Gasteiger partial charge in [-0.2, -0.15) is 0 Å². The molecule has 34 heavy (non-hydrogen) atoms. The van der Waals surface area contributed by atoms with Crippen LogP contribution in [0, 0.1) is 5.92 Å². The normalized spacial score (nSPS) is 14.6. The average Bonchev–Trinajstić information content (AvgIpc) is 3.45. The molecule has 0 unspecified atom stereocenters. The molecular formula is C34H28. The monoisotopic (exact) mass is 436 g/mol. The van der Waals surface area contributed by atoms with Crippen molar-refractivity contribution in [3.05, 3.63) is 160 Å². The van der Waals surface area contributed by atoms with Crippen molar-refractivity contribution in [2.45, 2.75) is 19.8 Å². The second kappa shape index (κ2) is 8.47. The maximum absolute atomic E-state index is 2.47. The first kappa shape index (κ1) is 20.7. The zero-order chi connectivity index (χ0) is 23.1. The fourth-order valence-electron chi connectivity index (χ4n) is 5.64. The molecule has 0 saturated carbocycles. The highest BCUT2D eigenvalue weighted by Gasteiger charge is 2.34. The standard InChI is InChI=1S/C34H28/c1-23(2)31-21-26(33(24-13-5-3-6-14-24)25-15-7-4-8-16-25)22-32(31)34-29-19-11-9-17-27(29)28-18-10-12-20-30(28)34/h3-23,34H,1-2H3. The van der Waals surface area contributed by atoms with E-state index in [0.717, 1.165) is 0 Å². The summed E-state index contributed by atoms with van der Waals surface area (Å²) in [6.45, 7) is 4.64. The van der Waals surface area contributed by atoms with E-state index < -0.39 is 0 Å². The summed E-state index contributed by atoms with van der Waals surface area (Å²) < 4.78 is 0. The maximum Gasteiger partial charge on any atom is 0.0355 e. The summed E-state index contributed by atoms with van der Waals surface area (Å²) in [6.07, 6.45) is 4.91. The van der Waals surface area contributed by atoms with Crippen LogP contribution in [-0.2, 0) is 0 Å². The molecule has 0 nitrogen and oxygen atoms in total. The van der Waals surface area contributed by atoms with Gasteiger partial charge in [0.1, 0.15) is 0 Å². The fourth-order valence-corrected chi connectivity index (χ4v) is 5.64. The average molecular weight is 437 g/mol. The number of hydrogen-bond donors (Lipinski definition) is 0. The molecule has 0 radical (unpaired) electrons. The van der Waals surface area contributed by atoms with Gasteiger partial charge in [0, 0.05) is 5.92 Å². The molecular weight excluding hydrogens is 408 g/mol. The molecule has 4 aromatic rings. The Morgan fingerprint density at radius 3 is 1.53 bits per heavy atom. The van der Waals surface area contributed by atoms with Gasteiger partial charge in [-0.25, -0.2) is 0 Å². The molecule has 0 saturated heterocycles. The molecule has 0 aromatic heterocycles. The predicted molar refractivity (Wildman–Crippen MR) is 144 cm³/mol. The number of rotatable bonds is 4. The Labute approximate surface area is 202 Å². The SMILES string of the molecule is CC(C)C1=CC(=C(c2ccccc2)c2ccccc2)C=C1C1c2ccccc2-c2ccccc21.